The molecule has 1 aromatic rings. The summed E-state index contributed by atoms with van der Waals surface area (Å²) in [7, 11) is 0. The molecule has 1 aliphatic rings. The van der Waals surface area contributed by atoms with E-state index in [-0.39, 0.29) is 12.4 Å². The molecule has 21 heavy (non-hydrogen) atoms. The largest absolute Gasteiger partial charge is 0.395 e. The fraction of sp³-hybridized carbons (Fsp3) is 0.529. The Bertz CT molecular complexity index is 527. The number of rotatable bonds is 3. The van der Waals surface area contributed by atoms with E-state index in [0.717, 1.165) is 18.7 Å². The van der Waals surface area contributed by atoms with E-state index in [1.54, 1.807) is 0 Å². The van der Waals surface area contributed by atoms with Gasteiger partial charge in [-0.05, 0) is 12.1 Å². The number of aliphatic hydroxyl groups excluding tert-OH is 1. The monoisotopic (exact) mass is 307 g/mol. The van der Waals surface area contributed by atoms with E-state index >= 15 is 0 Å². The van der Waals surface area contributed by atoms with Crippen molar-refractivity contribution in [2.24, 2.45) is 0 Å². The Hall–Kier alpha value is -1.02. The molecule has 1 saturated heterocycles. The molecule has 1 aromatic carbocycles. The van der Waals surface area contributed by atoms with Crippen LogP contribution in [0.1, 0.15) is 31.4 Å². The van der Waals surface area contributed by atoms with E-state index in [1.807, 2.05) is 23.9 Å². The Labute approximate surface area is 130 Å². The first-order valence-corrected chi connectivity index (χ1v) is 8.28. The van der Waals surface area contributed by atoms with Crippen LogP contribution in [-0.4, -0.2) is 40.2 Å². The first-order chi connectivity index (χ1) is 10.1. The molecule has 0 saturated carbocycles. The van der Waals surface area contributed by atoms with Gasteiger partial charge in [-0.1, -0.05) is 31.8 Å². The molecule has 1 fully saturated rings. The van der Waals surface area contributed by atoms with E-state index in [1.165, 1.54) is 6.07 Å². The lowest BCUT2D eigenvalue weighted by Gasteiger charge is -2.34. The van der Waals surface area contributed by atoms with Crippen molar-refractivity contribution >= 4 is 11.8 Å². The van der Waals surface area contributed by atoms with Crippen molar-refractivity contribution in [2.75, 3.05) is 19.7 Å². The van der Waals surface area contributed by atoms with E-state index in [2.05, 4.69) is 30.6 Å². The Morgan fingerprint density at radius 3 is 2.67 bits per heavy atom. The molecule has 2 nitrogen and oxygen atoms in total. The van der Waals surface area contributed by atoms with Crippen molar-refractivity contribution in [3.05, 3.63) is 35.1 Å². The second-order valence-corrected chi connectivity index (χ2v) is 7.41. The predicted molar refractivity (Wildman–Crippen MR) is 86.8 cm³/mol. The highest BCUT2D eigenvalue weighted by Gasteiger charge is 2.22. The van der Waals surface area contributed by atoms with Crippen LogP contribution >= 0.6 is 11.8 Å². The molecule has 0 aromatic heterocycles. The van der Waals surface area contributed by atoms with Crippen LogP contribution in [0.25, 0.3) is 0 Å². The lowest BCUT2D eigenvalue weighted by Crippen LogP contribution is -2.39. The van der Waals surface area contributed by atoms with Crippen LogP contribution in [0.3, 0.4) is 0 Å². The van der Waals surface area contributed by atoms with Crippen molar-refractivity contribution in [1.29, 1.82) is 0 Å². The van der Waals surface area contributed by atoms with E-state index < -0.39 is 0 Å². The maximum Gasteiger partial charge on any atom is 0.128 e. The van der Waals surface area contributed by atoms with Crippen molar-refractivity contribution in [2.45, 2.75) is 37.3 Å². The normalized spacial score (nSPS) is 22.7. The summed E-state index contributed by atoms with van der Waals surface area (Å²) in [4.78, 5) is 2.32. The number of hydrogen-bond acceptors (Lipinski definition) is 3. The third kappa shape index (κ3) is 5.03. The second kappa shape index (κ2) is 7.84. The smallest absolute Gasteiger partial charge is 0.128 e. The summed E-state index contributed by atoms with van der Waals surface area (Å²) in [5.74, 6) is 5.49. The van der Waals surface area contributed by atoms with Crippen LogP contribution in [0.4, 0.5) is 4.39 Å². The SMILES string of the molecule is CC1CN(Cc2ccc(C#CCCO)cc2F)CC(C)S1. The summed E-state index contributed by atoms with van der Waals surface area (Å²) in [5.41, 5.74) is 1.40. The molecule has 1 aliphatic heterocycles. The van der Waals surface area contributed by atoms with Crippen LogP contribution in [0.2, 0.25) is 0 Å². The van der Waals surface area contributed by atoms with Gasteiger partial charge in [0, 0.05) is 47.7 Å². The molecule has 0 bridgehead atoms. The molecule has 1 heterocycles. The molecule has 1 N–H and O–H groups in total. The Kier molecular flexibility index (Phi) is 6.10. The van der Waals surface area contributed by atoms with Crippen molar-refractivity contribution in [1.82, 2.24) is 4.90 Å². The molecule has 0 aliphatic carbocycles. The predicted octanol–water partition coefficient (Wildman–Crippen LogP) is 2.89. The van der Waals surface area contributed by atoms with E-state index in [0.29, 0.717) is 29.0 Å². The molecule has 0 spiro atoms. The molecule has 0 amide bonds. The molecular weight excluding hydrogens is 285 g/mol. The van der Waals surface area contributed by atoms with Gasteiger partial charge in [-0.25, -0.2) is 4.39 Å². The number of benzene rings is 1. The topological polar surface area (TPSA) is 23.5 Å². The first-order valence-electron chi connectivity index (χ1n) is 7.34. The van der Waals surface area contributed by atoms with Gasteiger partial charge < -0.3 is 5.11 Å². The lowest BCUT2D eigenvalue weighted by molar-refractivity contribution is 0.259. The third-order valence-corrected chi connectivity index (χ3v) is 4.64. The zero-order chi connectivity index (χ0) is 15.2. The van der Waals surface area contributed by atoms with Crippen LogP contribution in [0, 0.1) is 17.7 Å². The minimum Gasteiger partial charge on any atom is -0.395 e. The number of hydrogen-bond donors (Lipinski definition) is 1. The highest BCUT2D eigenvalue weighted by atomic mass is 32.2. The summed E-state index contributed by atoms with van der Waals surface area (Å²) in [6, 6.07) is 5.18. The summed E-state index contributed by atoms with van der Waals surface area (Å²) in [5, 5.41) is 9.88. The average Bonchev–Trinajstić information content (AvgIpc) is 2.41. The highest BCUT2D eigenvalue weighted by Crippen LogP contribution is 2.26. The van der Waals surface area contributed by atoms with E-state index in [9.17, 15) is 4.39 Å². The molecular formula is C17H22FNOS. The summed E-state index contributed by atoms with van der Waals surface area (Å²) < 4.78 is 14.2. The van der Waals surface area contributed by atoms with Gasteiger partial charge in [-0.2, -0.15) is 11.8 Å². The van der Waals surface area contributed by atoms with Crippen LogP contribution in [0.5, 0.6) is 0 Å². The fourth-order valence-electron chi connectivity index (χ4n) is 2.63. The number of aliphatic hydroxyl groups is 1. The molecule has 2 rings (SSSR count). The molecule has 4 heteroatoms. The minimum atomic E-state index is -0.190. The van der Waals surface area contributed by atoms with Gasteiger partial charge >= 0.3 is 0 Å². The van der Waals surface area contributed by atoms with Gasteiger partial charge in [0.2, 0.25) is 0 Å². The van der Waals surface area contributed by atoms with Gasteiger partial charge in [0.25, 0.3) is 0 Å². The molecule has 2 unspecified atom stereocenters. The van der Waals surface area contributed by atoms with Gasteiger partial charge in [0.05, 0.1) is 6.61 Å². The summed E-state index contributed by atoms with van der Waals surface area (Å²) in [6.07, 6.45) is 0.421. The zero-order valence-corrected chi connectivity index (χ0v) is 13.4. The van der Waals surface area contributed by atoms with Crippen LogP contribution in [-0.2, 0) is 6.54 Å². The van der Waals surface area contributed by atoms with Gasteiger partial charge in [0.15, 0.2) is 0 Å². The third-order valence-electron chi connectivity index (χ3n) is 3.41. The lowest BCUT2D eigenvalue weighted by atomic mass is 10.1. The standard InChI is InChI=1S/C17H22FNOS/c1-13-10-19(11-14(2)21-13)12-16-7-6-15(9-17(16)18)5-3-4-8-20/h6-7,9,13-14,20H,4,8,10-12H2,1-2H3. The number of nitrogens with zero attached hydrogens (tertiary/aromatic N) is 1. The molecule has 2 atom stereocenters. The maximum atomic E-state index is 14.2. The van der Waals surface area contributed by atoms with Gasteiger partial charge in [-0.3, -0.25) is 4.90 Å². The average molecular weight is 307 g/mol. The maximum absolute atomic E-state index is 14.2. The quantitative estimate of drug-likeness (QED) is 0.869. The Morgan fingerprint density at radius 1 is 1.33 bits per heavy atom. The van der Waals surface area contributed by atoms with Gasteiger partial charge in [-0.15, -0.1) is 0 Å². The van der Waals surface area contributed by atoms with Crippen molar-refractivity contribution in [3.63, 3.8) is 0 Å². The van der Waals surface area contributed by atoms with Crippen LogP contribution < -0.4 is 0 Å². The first kappa shape index (κ1) is 16.4. The van der Waals surface area contributed by atoms with Crippen molar-refractivity contribution < 1.29 is 9.50 Å². The zero-order valence-electron chi connectivity index (χ0n) is 12.6. The molecule has 114 valence electrons. The number of thioether (sulfide) groups is 1. The Morgan fingerprint density at radius 2 is 2.05 bits per heavy atom. The summed E-state index contributed by atoms with van der Waals surface area (Å²) >= 11 is 2.00. The molecule has 0 radical (unpaired) electrons. The Balaban J connectivity index is 2.02. The van der Waals surface area contributed by atoms with E-state index in [4.69, 9.17) is 5.11 Å². The highest BCUT2D eigenvalue weighted by molar-refractivity contribution is 8.00. The fourth-order valence-corrected chi connectivity index (χ4v) is 4.02. The van der Waals surface area contributed by atoms with Crippen LogP contribution in [0.15, 0.2) is 18.2 Å². The number of halogens is 1. The van der Waals surface area contributed by atoms with Gasteiger partial charge in [0.1, 0.15) is 5.82 Å². The minimum absolute atomic E-state index is 0.0386. The van der Waals surface area contributed by atoms with Crippen molar-refractivity contribution in [3.8, 4) is 11.8 Å². The summed E-state index contributed by atoms with van der Waals surface area (Å²) in [6.45, 7) is 7.16. The second-order valence-electron chi connectivity index (χ2n) is 5.53.